The summed E-state index contributed by atoms with van der Waals surface area (Å²) in [6.45, 7) is 6.11. The number of methoxy groups -OCH3 is 1. The molecule has 142 valence electrons. The van der Waals surface area contributed by atoms with Gasteiger partial charge in [0.2, 0.25) is 0 Å². The summed E-state index contributed by atoms with van der Waals surface area (Å²) in [5.41, 5.74) is 0.969. The van der Waals surface area contributed by atoms with Crippen molar-refractivity contribution in [2.45, 2.75) is 31.6 Å². The molecule has 0 radical (unpaired) electrons. The molecule has 0 saturated carbocycles. The molecular formula is C18H24ClN3O3S. The summed E-state index contributed by atoms with van der Waals surface area (Å²) < 4.78 is 32.9. The number of ether oxygens (including phenoxy) is 1. The Hall–Kier alpha value is -1.99. The first-order valence-corrected chi connectivity index (χ1v) is 10.3. The number of nitrogens with one attached hydrogen (secondary N) is 1. The number of hydrogen-bond acceptors (Lipinski definition) is 5. The molecule has 2 aromatic rings. The Morgan fingerprint density at radius 1 is 1.15 bits per heavy atom. The van der Waals surface area contributed by atoms with E-state index in [2.05, 4.69) is 28.5 Å². The SMILES string of the molecule is CCCN(CCC)c1ccc(NS(=O)(=O)c2cc(Cl)ccc2OC)nc1. The van der Waals surface area contributed by atoms with Crippen molar-refractivity contribution in [3.8, 4) is 5.75 Å². The maximum absolute atomic E-state index is 12.7. The molecule has 0 aliphatic heterocycles. The van der Waals surface area contributed by atoms with Crippen LogP contribution in [0.5, 0.6) is 5.75 Å². The second-order valence-electron chi connectivity index (χ2n) is 5.79. The van der Waals surface area contributed by atoms with Gasteiger partial charge in [0.25, 0.3) is 10.0 Å². The molecule has 1 heterocycles. The zero-order valence-electron chi connectivity index (χ0n) is 15.2. The minimum absolute atomic E-state index is 0.0306. The van der Waals surface area contributed by atoms with Gasteiger partial charge in [-0.3, -0.25) is 4.72 Å². The van der Waals surface area contributed by atoms with Crippen LogP contribution in [0.25, 0.3) is 0 Å². The normalized spacial score (nSPS) is 11.2. The van der Waals surface area contributed by atoms with Crippen LogP contribution in [0, 0.1) is 0 Å². The predicted molar refractivity (Wildman–Crippen MR) is 106 cm³/mol. The van der Waals surface area contributed by atoms with Crippen LogP contribution in [0.1, 0.15) is 26.7 Å². The van der Waals surface area contributed by atoms with E-state index in [1.54, 1.807) is 18.3 Å². The average molecular weight is 398 g/mol. The van der Waals surface area contributed by atoms with Crippen molar-refractivity contribution in [3.05, 3.63) is 41.6 Å². The van der Waals surface area contributed by atoms with Gasteiger partial charge in [-0.1, -0.05) is 25.4 Å². The lowest BCUT2D eigenvalue weighted by Crippen LogP contribution is -2.25. The average Bonchev–Trinajstić information content (AvgIpc) is 2.62. The predicted octanol–water partition coefficient (Wildman–Crippen LogP) is 4.17. The van der Waals surface area contributed by atoms with Crippen molar-refractivity contribution in [2.75, 3.05) is 29.8 Å². The summed E-state index contributed by atoms with van der Waals surface area (Å²) >= 11 is 5.93. The molecule has 0 aliphatic rings. The Morgan fingerprint density at radius 2 is 1.85 bits per heavy atom. The van der Waals surface area contributed by atoms with E-state index in [1.165, 1.54) is 19.2 Å². The number of nitrogens with zero attached hydrogens (tertiary/aromatic N) is 2. The van der Waals surface area contributed by atoms with Crippen LogP contribution in [-0.4, -0.2) is 33.6 Å². The second-order valence-corrected chi connectivity index (χ2v) is 7.88. The number of sulfonamides is 1. The van der Waals surface area contributed by atoms with Crippen LogP contribution in [-0.2, 0) is 10.0 Å². The molecule has 26 heavy (non-hydrogen) atoms. The highest BCUT2D eigenvalue weighted by Crippen LogP contribution is 2.28. The van der Waals surface area contributed by atoms with E-state index in [4.69, 9.17) is 16.3 Å². The van der Waals surface area contributed by atoms with Crippen LogP contribution in [0.4, 0.5) is 11.5 Å². The quantitative estimate of drug-likeness (QED) is 0.687. The molecule has 0 spiro atoms. The third-order valence-electron chi connectivity index (χ3n) is 3.75. The minimum Gasteiger partial charge on any atom is -0.495 e. The van der Waals surface area contributed by atoms with Crippen LogP contribution in [0.3, 0.4) is 0 Å². The number of benzene rings is 1. The summed E-state index contributed by atoms with van der Waals surface area (Å²) in [4.78, 5) is 6.44. The van der Waals surface area contributed by atoms with E-state index >= 15 is 0 Å². The van der Waals surface area contributed by atoms with Crippen LogP contribution < -0.4 is 14.4 Å². The van der Waals surface area contributed by atoms with E-state index in [0.717, 1.165) is 31.6 Å². The second kappa shape index (κ2) is 9.09. The summed E-state index contributed by atoms with van der Waals surface area (Å²) in [5.74, 6) is 0.458. The zero-order chi connectivity index (χ0) is 19.2. The first-order valence-electron chi connectivity index (χ1n) is 8.48. The third-order valence-corrected chi connectivity index (χ3v) is 5.37. The first kappa shape index (κ1) is 20.3. The zero-order valence-corrected chi connectivity index (χ0v) is 16.8. The minimum atomic E-state index is -3.87. The first-order chi connectivity index (χ1) is 12.4. The number of aromatic nitrogens is 1. The Bertz CT molecular complexity index is 820. The van der Waals surface area contributed by atoms with Gasteiger partial charge in [0.1, 0.15) is 16.5 Å². The van der Waals surface area contributed by atoms with E-state index in [0.29, 0.717) is 5.02 Å². The number of anilines is 2. The monoisotopic (exact) mass is 397 g/mol. The lowest BCUT2D eigenvalue weighted by molar-refractivity contribution is 0.403. The smallest absolute Gasteiger partial charge is 0.266 e. The van der Waals surface area contributed by atoms with Gasteiger partial charge in [0.15, 0.2) is 0 Å². The summed E-state index contributed by atoms with van der Waals surface area (Å²) in [6, 6.07) is 7.96. The molecule has 0 aliphatic carbocycles. The van der Waals surface area contributed by atoms with Crippen molar-refractivity contribution in [3.63, 3.8) is 0 Å². The van der Waals surface area contributed by atoms with Crippen LogP contribution in [0.15, 0.2) is 41.4 Å². The molecule has 1 aromatic carbocycles. The molecule has 2 rings (SSSR count). The maximum Gasteiger partial charge on any atom is 0.266 e. The molecule has 8 heteroatoms. The molecular weight excluding hydrogens is 374 g/mol. The molecule has 6 nitrogen and oxygen atoms in total. The molecule has 1 N–H and O–H groups in total. The Kier molecular flexibility index (Phi) is 7.11. The summed E-state index contributed by atoms with van der Waals surface area (Å²) in [5, 5.41) is 0.309. The lowest BCUT2D eigenvalue weighted by Gasteiger charge is -2.23. The van der Waals surface area contributed by atoms with Crippen LogP contribution >= 0.6 is 11.6 Å². The molecule has 0 atom stereocenters. The highest BCUT2D eigenvalue weighted by atomic mass is 35.5. The molecule has 0 amide bonds. The number of halogens is 1. The topological polar surface area (TPSA) is 71.5 Å². The van der Waals surface area contributed by atoms with Gasteiger partial charge in [0, 0.05) is 18.1 Å². The fourth-order valence-corrected chi connectivity index (χ4v) is 4.04. The standard InChI is InChI=1S/C18H24ClN3O3S/c1-4-10-22(11-5-2)15-7-9-18(20-13-15)21-26(23,24)17-12-14(19)6-8-16(17)25-3/h6-9,12-13H,4-5,10-11H2,1-3H3,(H,20,21). The van der Waals surface area contributed by atoms with Gasteiger partial charge < -0.3 is 9.64 Å². The van der Waals surface area contributed by atoms with Gasteiger partial charge in [-0.25, -0.2) is 13.4 Å². The lowest BCUT2D eigenvalue weighted by atomic mass is 10.3. The van der Waals surface area contributed by atoms with Crippen molar-refractivity contribution in [1.82, 2.24) is 4.98 Å². The van der Waals surface area contributed by atoms with Gasteiger partial charge in [-0.15, -0.1) is 0 Å². The van der Waals surface area contributed by atoms with E-state index in [9.17, 15) is 8.42 Å². The Labute approximate surface area is 160 Å². The molecule has 1 aromatic heterocycles. The van der Waals surface area contributed by atoms with Gasteiger partial charge in [-0.2, -0.15) is 0 Å². The largest absolute Gasteiger partial charge is 0.495 e. The van der Waals surface area contributed by atoms with Gasteiger partial charge >= 0.3 is 0 Å². The van der Waals surface area contributed by atoms with E-state index in [1.807, 2.05) is 6.07 Å². The fourth-order valence-electron chi connectivity index (χ4n) is 2.60. The van der Waals surface area contributed by atoms with Crippen molar-refractivity contribution >= 4 is 33.1 Å². The molecule has 0 bridgehead atoms. The van der Waals surface area contributed by atoms with Crippen molar-refractivity contribution < 1.29 is 13.2 Å². The maximum atomic E-state index is 12.7. The molecule has 0 saturated heterocycles. The number of pyridine rings is 1. The highest BCUT2D eigenvalue weighted by Gasteiger charge is 2.21. The molecule has 0 fully saturated rings. The van der Waals surface area contributed by atoms with Gasteiger partial charge in [-0.05, 0) is 43.2 Å². The van der Waals surface area contributed by atoms with E-state index in [-0.39, 0.29) is 16.5 Å². The van der Waals surface area contributed by atoms with Crippen molar-refractivity contribution in [1.29, 1.82) is 0 Å². The third kappa shape index (κ3) is 5.02. The summed E-state index contributed by atoms with van der Waals surface area (Å²) in [7, 11) is -2.46. The molecule has 0 unspecified atom stereocenters. The van der Waals surface area contributed by atoms with Crippen molar-refractivity contribution in [2.24, 2.45) is 0 Å². The van der Waals surface area contributed by atoms with Gasteiger partial charge in [0.05, 0.1) is 19.0 Å². The Morgan fingerprint density at radius 3 is 2.38 bits per heavy atom. The number of hydrogen-bond donors (Lipinski definition) is 1. The Balaban J connectivity index is 2.24. The summed E-state index contributed by atoms with van der Waals surface area (Å²) in [6.07, 6.45) is 3.74. The highest BCUT2D eigenvalue weighted by molar-refractivity contribution is 7.92. The van der Waals surface area contributed by atoms with Crippen LogP contribution in [0.2, 0.25) is 5.02 Å². The van der Waals surface area contributed by atoms with E-state index < -0.39 is 10.0 Å². The number of rotatable bonds is 9. The fraction of sp³-hybridized carbons (Fsp3) is 0.389.